The van der Waals surface area contributed by atoms with Gasteiger partial charge in [-0.15, -0.1) is 0 Å². The van der Waals surface area contributed by atoms with E-state index in [9.17, 15) is 9.59 Å². The zero-order valence-corrected chi connectivity index (χ0v) is 7.40. The van der Waals surface area contributed by atoms with Gasteiger partial charge in [0, 0.05) is 24.7 Å². The van der Waals surface area contributed by atoms with Crippen molar-refractivity contribution in [1.29, 1.82) is 0 Å². The van der Waals surface area contributed by atoms with Crippen LogP contribution in [0, 0.1) is 23.7 Å². The van der Waals surface area contributed by atoms with Crippen molar-refractivity contribution in [1.82, 2.24) is 0 Å². The second-order valence-electron chi connectivity index (χ2n) is 4.43. The van der Waals surface area contributed by atoms with Crippen LogP contribution in [-0.2, 0) is 9.59 Å². The van der Waals surface area contributed by atoms with Crippen LogP contribution in [0.5, 0.6) is 0 Å². The van der Waals surface area contributed by atoms with E-state index in [-0.39, 0.29) is 11.8 Å². The molecular formula is C11H12O2. The smallest absolute Gasteiger partial charge is 0.137 e. The van der Waals surface area contributed by atoms with Crippen LogP contribution in [0.1, 0.15) is 19.3 Å². The quantitative estimate of drug-likeness (QED) is 0.522. The van der Waals surface area contributed by atoms with E-state index in [1.165, 1.54) is 0 Å². The number of ketones is 2. The van der Waals surface area contributed by atoms with Gasteiger partial charge in [0.1, 0.15) is 11.6 Å². The molecule has 2 fully saturated rings. The van der Waals surface area contributed by atoms with Gasteiger partial charge in [0.2, 0.25) is 0 Å². The molecule has 2 nitrogen and oxygen atoms in total. The first-order valence-corrected chi connectivity index (χ1v) is 5.01. The molecular weight excluding hydrogens is 164 g/mol. The van der Waals surface area contributed by atoms with Gasteiger partial charge >= 0.3 is 0 Å². The molecule has 4 unspecified atom stereocenters. The number of carbonyl (C=O) groups is 2. The Kier molecular flexibility index (Phi) is 1.33. The third kappa shape index (κ3) is 0.835. The van der Waals surface area contributed by atoms with Crippen LogP contribution >= 0.6 is 0 Å². The van der Waals surface area contributed by atoms with Gasteiger partial charge in [0.15, 0.2) is 0 Å². The summed E-state index contributed by atoms with van der Waals surface area (Å²) in [5.74, 6) is 1.59. The first-order chi connectivity index (χ1) is 6.27. The maximum absolute atomic E-state index is 11.6. The van der Waals surface area contributed by atoms with Gasteiger partial charge in [-0.25, -0.2) is 0 Å². The molecule has 4 atom stereocenters. The summed E-state index contributed by atoms with van der Waals surface area (Å²) in [6.07, 6.45) is 6.33. The number of fused-ring (bicyclic) bond motifs is 5. The summed E-state index contributed by atoms with van der Waals surface area (Å²) in [6, 6.07) is 0. The Hall–Kier alpha value is -0.920. The molecule has 0 N–H and O–H groups in total. The molecule has 0 aromatic rings. The number of rotatable bonds is 0. The lowest BCUT2D eigenvalue weighted by Crippen LogP contribution is -2.37. The molecule has 3 aliphatic rings. The number of carbonyl (C=O) groups excluding carboxylic acids is 2. The Morgan fingerprint density at radius 1 is 0.923 bits per heavy atom. The molecule has 0 amide bonds. The van der Waals surface area contributed by atoms with Crippen molar-refractivity contribution in [2.45, 2.75) is 19.3 Å². The number of Topliss-reactive ketones (excluding diaryl/α,β-unsaturated/α-hetero) is 2. The third-order valence-electron chi connectivity index (χ3n) is 3.82. The van der Waals surface area contributed by atoms with Crippen molar-refractivity contribution >= 4 is 11.6 Å². The van der Waals surface area contributed by atoms with Crippen molar-refractivity contribution < 1.29 is 9.59 Å². The molecule has 2 bridgehead atoms. The highest BCUT2D eigenvalue weighted by Gasteiger charge is 2.52. The monoisotopic (exact) mass is 176 g/mol. The van der Waals surface area contributed by atoms with Gasteiger partial charge in [-0.3, -0.25) is 9.59 Å². The van der Waals surface area contributed by atoms with E-state index in [2.05, 4.69) is 12.2 Å². The molecule has 3 rings (SSSR count). The fourth-order valence-corrected chi connectivity index (χ4v) is 3.28. The van der Waals surface area contributed by atoms with Crippen LogP contribution in [0.15, 0.2) is 12.2 Å². The molecule has 3 aliphatic carbocycles. The van der Waals surface area contributed by atoms with Crippen molar-refractivity contribution in [3.05, 3.63) is 12.2 Å². The van der Waals surface area contributed by atoms with E-state index < -0.39 is 0 Å². The topological polar surface area (TPSA) is 34.1 Å². The fraction of sp³-hybridized carbons (Fsp3) is 0.636. The van der Waals surface area contributed by atoms with Crippen molar-refractivity contribution in [3.63, 3.8) is 0 Å². The second-order valence-corrected chi connectivity index (χ2v) is 4.43. The number of hydrogen-bond donors (Lipinski definition) is 0. The Balaban J connectivity index is 2.03. The summed E-state index contributed by atoms with van der Waals surface area (Å²) >= 11 is 0. The minimum atomic E-state index is 0.0660. The van der Waals surface area contributed by atoms with Gasteiger partial charge in [0.25, 0.3) is 0 Å². The summed E-state index contributed by atoms with van der Waals surface area (Å²) in [6.45, 7) is 0. The largest absolute Gasteiger partial charge is 0.299 e. The highest BCUT2D eigenvalue weighted by molar-refractivity contribution is 5.97. The molecule has 0 aromatic carbocycles. The van der Waals surface area contributed by atoms with Crippen LogP contribution in [0.4, 0.5) is 0 Å². The van der Waals surface area contributed by atoms with Crippen LogP contribution in [-0.4, -0.2) is 11.6 Å². The van der Waals surface area contributed by atoms with E-state index in [1.807, 2.05) is 0 Å². The van der Waals surface area contributed by atoms with E-state index in [0.29, 0.717) is 36.2 Å². The Morgan fingerprint density at radius 3 is 1.85 bits per heavy atom. The lowest BCUT2D eigenvalue weighted by molar-refractivity contribution is -0.138. The van der Waals surface area contributed by atoms with Crippen LogP contribution in [0.25, 0.3) is 0 Å². The van der Waals surface area contributed by atoms with Gasteiger partial charge < -0.3 is 0 Å². The molecule has 2 saturated carbocycles. The van der Waals surface area contributed by atoms with E-state index >= 15 is 0 Å². The molecule has 0 radical (unpaired) electrons. The van der Waals surface area contributed by atoms with Crippen molar-refractivity contribution in [3.8, 4) is 0 Å². The summed E-state index contributed by atoms with van der Waals surface area (Å²) in [4.78, 5) is 23.3. The van der Waals surface area contributed by atoms with Gasteiger partial charge in [-0.2, -0.15) is 0 Å². The molecule has 13 heavy (non-hydrogen) atoms. The SMILES string of the molecule is O=C1CCC(=O)C2C3C=CC(C3)C12. The molecule has 0 heterocycles. The standard InChI is InChI=1S/C11H12O2/c12-8-3-4-9(13)11-7-2-1-6(5-7)10(8)11/h1-2,6-7,10-11H,3-5H2. The minimum Gasteiger partial charge on any atom is -0.299 e. The first kappa shape index (κ1) is 7.48. The summed E-state index contributed by atoms with van der Waals surface area (Å²) in [7, 11) is 0. The summed E-state index contributed by atoms with van der Waals surface area (Å²) in [5, 5.41) is 0. The number of allylic oxidation sites excluding steroid dienone is 2. The molecule has 0 aromatic heterocycles. The zero-order valence-electron chi connectivity index (χ0n) is 7.40. The van der Waals surface area contributed by atoms with Crippen LogP contribution < -0.4 is 0 Å². The van der Waals surface area contributed by atoms with Crippen molar-refractivity contribution in [2.75, 3.05) is 0 Å². The molecule has 0 aliphatic heterocycles. The highest BCUT2D eigenvalue weighted by atomic mass is 16.1. The molecule has 2 heteroatoms. The van der Waals surface area contributed by atoms with Crippen LogP contribution in [0.3, 0.4) is 0 Å². The van der Waals surface area contributed by atoms with E-state index in [0.717, 1.165) is 6.42 Å². The molecule has 0 saturated heterocycles. The second kappa shape index (κ2) is 2.31. The average Bonchev–Trinajstić information content (AvgIpc) is 2.70. The summed E-state index contributed by atoms with van der Waals surface area (Å²) < 4.78 is 0. The average molecular weight is 176 g/mol. The van der Waals surface area contributed by atoms with Crippen molar-refractivity contribution in [2.24, 2.45) is 23.7 Å². The maximum atomic E-state index is 11.6. The lowest BCUT2D eigenvalue weighted by atomic mass is 9.72. The van der Waals surface area contributed by atoms with E-state index in [1.54, 1.807) is 0 Å². The van der Waals surface area contributed by atoms with Gasteiger partial charge in [-0.1, -0.05) is 12.2 Å². The Morgan fingerprint density at radius 2 is 1.38 bits per heavy atom. The lowest BCUT2D eigenvalue weighted by Gasteiger charge is -2.29. The Bertz CT molecular complexity index is 286. The number of hydrogen-bond acceptors (Lipinski definition) is 2. The molecule has 0 spiro atoms. The van der Waals surface area contributed by atoms with Gasteiger partial charge in [-0.05, 0) is 18.3 Å². The summed E-state index contributed by atoms with van der Waals surface area (Å²) in [5.41, 5.74) is 0. The highest BCUT2D eigenvalue weighted by Crippen LogP contribution is 2.51. The maximum Gasteiger partial charge on any atom is 0.137 e. The fourth-order valence-electron chi connectivity index (χ4n) is 3.28. The normalized spacial score (nSPS) is 47.1. The predicted molar refractivity (Wildman–Crippen MR) is 47.0 cm³/mol. The first-order valence-electron chi connectivity index (χ1n) is 5.01. The van der Waals surface area contributed by atoms with E-state index in [4.69, 9.17) is 0 Å². The third-order valence-corrected chi connectivity index (χ3v) is 3.82. The zero-order chi connectivity index (χ0) is 9.00. The minimum absolute atomic E-state index is 0.0660. The predicted octanol–water partition coefficient (Wildman–Crippen LogP) is 1.36. The Labute approximate surface area is 77.0 Å². The molecule has 68 valence electrons. The van der Waals surface area contributed by atoms with Gasteiger partial charge in [0.05, 0.1) is 0 Å². The van der Waals surface area contributed by atoms with Crippen LogP contribution in [0.2, 0.25) is 0 Å².